The first-order chi connectivity index (χ1) is 8.58. The quantitative estimate of drug-likeness (QED) is 0.629. The number of para-hydroxylation sites is 1. The molecule has 0 fully saturated rings. The van der Waals surface area contributed by atoms with Gasteiger partial charge in [-0.05, 0) is 18.2 Å². The molecule has 0 radical (unpaired) electrons. The lowest BCUT2D eigenvalue weighted by molar-refractivity contribution is 0.734. The van der Waals surface area contributed by atoms with E-state index in [1.54, 1.807) is 4.68 Å². The number of anilines is 1. The molecule has 2 rings (SSSR count). The molecule has 0 aliphatic rings. The summed E-state index contributed by atoms with van der Waals surface area (Å²) in [7, 11) is 3.86. The van der Waals surface area contributed by atoms with Crippen LogP contribution in [0, 0.1) is 5.41 Å². The minimum absolute atomic E-state index is 0.0819. The lowest BCUT2D eigenvalue weighted by Gasteiger charge is -2.21. The molecule has 1 aromatic heterocycles. The number of rotatable bonds is 4. The summed E-state index contributed by atoms with van der Waals surface area (Å²) >= 11 is 0. The maximum Gasteiger partial charge on any atom is 0.124 e. The van der Waals surface area contributed by atoms with E-state index in [0.29, 0.717) is 6.54 Å². The minimum atomic E-state index is 0.0819. The zero-order chi connectivity index (χ0) is 13.1. The van der Waals surface area contributed by atoms with Crippen LogP contribution in [0.5, 0.6) is 0 Å². The number of amidine groups is 1. The lowest BCUT2D eigenvalue weighted by atomic mass is 10.1. The van der Waals surface area contributed by atoms with Crippen LogP contribution >= 0.6 is 0 Å². The first-order valence-corrected chi connectivity index (χ1v) is 5.71. The summed E-state index contributed by atoms with van der Waals surface area (Å²) in [6, 6.07) is 9.62. The number of hydrogen-bond acceptors (Lipinski definition) is 3. The van der Waals surface area contributed by atoms with Crippen LogP contribution in [0.15, 0.2) is 36.5 Å². The van der Waals surface area contributed by atoms with E-state index < -0.39 is 0 Å². The van der Waals surface area contributed by atoms with E-state index in [4.69, 9.17) is 11.1 Å². The van der Waals surface area contributed by atoms with Gasteiger partial charge in [-0.15, -0.1) is 0 Å². The maximum atomic E-state index is 7.58. The zero-order valence-electron chi connectivity index (χ0n) is 10.6. The van der Waals surface area contributed by atoms with E-state index in [2.05, 4.69) is 5.10 Å². The Morgan fingerprint density at radius 2 is 2.11 bits per heavy atom. The predicted octanol–water partition coefficient (Wildman–Crippen LogP) is 1.34. The van der Waals surface area contributed by atoms with Crippen molar-refractivity contribution in [3.8, 4) is 0 Å². The predicted molar refractivity (Wildman–Crippen MR) is 72.8 cm³/mol. The van der Waals surface area contributed by atoms with Crippen molar-refractivity contribution in [2.24, 2.45) is 12.8 Å². The van der Waals surface area contributed by atoms with Gasteiger partial charge in [-0.3, -0.25) is 10.1 Å². The van der Waals surface area contributed by atoms with Gasteiger partial charge in [-0.2, -0.15) is 5.10 Å². The van der Waals surface area contributed by atoms with Gasteiger partial charge in [0.25, 0.3) is 0 Å². The number of nitrogen functional groups attached to an aromatic ring is 1. The Hall–Kier alpha value is -2.30. The average Bonchev–Trinajstić information content (AvgIpc) is 2.74. The molecule has 0 saturated carbocycles. The molecule has 94 valence electrons. The lowest BCUT2D eigenvalue weighted by Crippen LogP contribution is -2.22. The highest BCUT2D eigenvalue weighted by Gasteiger charge is 2.10. The Morgan fingerprint density at radius 3 is 2.72 bits per heavy atom. The van der Waals surface area contributed by atoms with Gasteiger partial charge in [0, 0.05) is 31.5 Å². The van der Waals surface area contributed by atoms with Crippen LogP contribution in [-0.2, 0) is 13.6 Å². The van der Waals surface area contributed by atoms with Gasteiger partial charge < -0.3 is 10.6 Å². The highest BCUT2D eigenvalue weighted by molar-refractivity contribution is 6.00. The zero-order valence-corrected chi connectivity index (χ0v) is 10.6. The van der Waals surface area contributed by atoms with Crippen molar-refractivity contribution >= 4 is 11.5 Å². The van der Waals surface area contributed by atoms with Crippen LogP contribution in [0.3, 0.4) is 0 Å². The summed E-state index contributed by atoms with van der Waals surface area (Å²) in [6.45, 7) is 0.686. The van der Waals surface area contributed by atoms with Crippen LogP contribution in [0.1, 0.15) is 11.3 Å². The van der Waals surface area contributed by atoms with Crippen molar-refractivity contribution in [1.82, 2.24) is 9.78 Å². The fraction of sp³-hybridized carbons (Fsp3) is 0.231. The highest BCUT2D eigenvalue weighted by Crippen LogP contribution is 2.20. The molecule has 0 aliphatic carbocycles. The van der Waals surface area contributed by atoms with E-state index in [0.717, 1.165) is 16.9 Å². The van der Waals surface area contributed by atoms with Gasteiger partial charge in [0.1, 0.15) is 5.84 Å². The van der Waals surface area contributed by atoms with Crippen LogP contribution in [0.4, 0.5) is 5.69 Å². The SMILES string of the molecule is CN(Cc1ccn(C)n1)c1ccccc1C(=N)N. The summed E-state index contributed by atoms with van der Waals surface area (Å²) in [5.74, 6) is 0.0819. The number of benzene rings is 1. The Bertz CT molecular complexity index is 558. The summed E-state index contributed by atoms with van der Waals surface area (Å²) in [4.78, 5) is 2.04. The maximum absolute atomic E-state index is 7.58. The Morgan fingerprint density at radius 1 is 1.39 bits per heavy atom. The second-order valence-corrected chi connectivity index (χ2v) is 4.27. The molecular formula is C13H17N5. The van der Waals surface area contributed by atoms with Crippen molar-refractivity contribution in [2.45, 2.75) is 6.54 Å². The Balaban J connectivity index is 2.23. The number of nitrogens with zero attached hydrogens (tertiary/aromatic N) is 3. The number of aryl methyl sites for hydroxylation is 1. The number of hydrogen-bond donors (Lipinski definition) is 2. The van der Waals surface area contributed by atoms with Gasteiger partial charge >= 0.3 is 0 Å². The fourth-order valence-corrected chi connectivity index (χ4v) is 1.91. The Labute approximate surface area is 106 Å². The van der Waals surface area contributed by atoms with Crippen LogP contribution in [0.2, 0.25) is 0 Å². The Kier molecular flexibility index (Phi) is 3.32. The first-order valence-electron chi connectivity index (χ1n) is 5.71. The topological polar surface area (TPSA) is 70.9 Å². The van der Waals surface area contributed by atoms with E-state index >= 15 is 0 Å². The monoisotopic (exact) mass is 243 g/mol. The molecule has 18 heavy (non-hydrogen) atoms. The second-order valence-electron chi connectivity index (χ2n) is 4.27. The summed E-state index contributed by atoms with van der Waals surface area (Å²) in [5, 5.41) is 11.9. The van der Waals surface area contributed by atoms with Gasteiger partial charge in [-0.25, -0.2) is 0 Å². The van der Waals surface area contributed by atoms with Crippen molar-refractivity contribution in [3.63, 3.8) is 0 Å². The van der Waals surface area contributed by atoms with Gasteiger partial charge in [0.15, 0.2) is 0 Å². The molecular weight excluding hydrogens is 226 g/mol. The molecule has 2 aromatic rings. The van der Waals surface area contributed by atoms with Crippen molar-refractivity contribution in [1.29, 1.82) is 5.41 Å². The standard InChI is InChI=1S/C13H17N5/c1-17(9-10-7-8-18(2)16-10)12-6-4-3-5-11(12)13(14)15/h3-8H,9H2,1-2H3,(H3,14,15). The van der Waals surface area contributed by atoms with E-state index in [1.807, 2.05) is 55.5 Å². The summed E-state index contributed by atoms with van der Waals surface area (Å²) in [5.41, 5.74) is 8.26. The minimum Gasteiger partial charge on any atom is -0.384 e. The van der Waals surface area contributed by atoms with E-state index in [1.165, 1.54) is 0 Å². The fourth-order valence-electron chi connectivity index (χ4n) is 1.91. The van der Waals surface area contributed by atoms with Crippen LogP contribution in [0.25, 0.3) is 0 Å². The molecule has 1 aromatic carbocycles. The largest absolute Gasteiger partial charge is 0.384 e. The van der Waals surface area contributed by atoms with Gasteiger partial charge in [0.2, 0.25) is 0 Å². The molecule has 5 heteroatoms. The third-order valence-corrected chi connectivity index (χ3v) is 2.77. The smallest absolute Gasteiger partial charge is 0.124 e. The average molecular weight is 243 g/mol. The summed E-state index contributed by atoms with van der Waals surface area (Å²) in [6.07, 6.45) is 1.92. The summed E-state index contributed by atoms with van der Waals surface area (Å²) < 4.78 is 1.78. The van der Waals surface area contributed by atoms with Gasteiger partial charge in [-0.1, -0.05) is 12.1 Å². The second kappa shape index (κ2) is 4.91. The third kappa shape index (κ3) is 2.51. The molecule has 0 amide bonds. The van der Waals surface area contributed by atoms with E-state index in [-0.39, 0.29) is 5.84 Å². The van der Waals surface area contributed by atoms with Crippen LogP contribution in [-0.4, -0.2) is 22.7 Å². The van der Waals surface area contributed by atoms with Crippen molar-refractivity contribution < 1.29 is 0 Å². The number of nitrogens with two attached hydrogens (primary N) is 1. The normalized spacial score (nSPS) is 10.3. The highest BCUT2D eigenvalue weighted by atomic mass is 15.3. The molecule has 0 atom stereocenters. The number of nitrogens with one attached hydrogen (secondary N) is 1. The van der Waals surface area contributed by atoms with Crippen LogP contribution < -0.4 is 10.6 Å². The third-order valence-electron chi connectivity index (χ3n) is 2.77. The van der Waals surface area contributed by atoms with E-state index in [9.17, 15) is 0 Å². The van der Waals surface area contributed by atoms with Gasteiger partial charge in [0.05, 0.1) is 12.2 Å². The van der Waals surface area contributed by atoms with Crippen molar-refractivity contribution in [2.75, 3.05) is 11.9 Å². The molecule has 0 saturated heterocycles. The molecule has 1 heterocycles. The molecule has 0 aliphatic heterocycles. The molecule has 3 N–H and O–H groups in total. The molecule has 0 unspecified atom stereocenters. The molecule has 0 spiro atoms. The first kappa shape index (κ1) is 12.2. The number of aromatic nitrogens is 2. The molecule has 5 nitrogen and oxygen atoms in total. The molecule has 0 bridgehead atoms. The van der Waals surface area contributed by atoms with Crippen molar-refractivity contribution in [3.05, 3.63) is 47.8 Å².